The van der Waals surface area contributed by atoms with E-state index in [1.54, 1.807) is 6.92 Å². The maximum absolute atomic E-state index is 13.6. The van der Waals surface area contributed by atoms with Crippen molar-refractivity contribution in [3.8, 4) is 0 Å². The van der Waals surface area contributed by atoms with Gasteiger partial charge in [0, 0.05) is 24.5 Å². The fraction of sp³-hybridized carbons (Fsp3) is 0.333. The highest BCUT2D eigenvalue weighted by Crippen LogP contribution is 2.16. The highest BCUT2D eigenvalue weighted by atomic mass is 35.5. The monoisotopic (exact) mass is 288 g/mol. The first kappa shape index (κ1) is 14.9. The van der Waals surface area contributed by atoms with Gasteiger partial charge in [-0.15, -0.1) is 0 Å². The van der Waals surface area contributed by atoms with Crippen LogP contribution in [-0.2, 0) is 0 Å². The van der Waals surface area contributed by atoms with Crippen LogP contribution in [-0.4, -0.2) is 28.9 Å². The van der Waals surface area contributed by atoms with Crippen LogP contribution in [0.15, 0.2) is 18.2 Å². The molecule has 0 saturated carbocycles. The van der Waals surface area contributed by atoms with E-state index in [9.17, 15) is 9.18 Å². The first-order chi connectivity index (χ1) is 8.45. The first-order valence-electron chi connectivity index (χ1n) is 5.48. The summed E-state index contributed by atoms with van der Waals surface area (Å²) in [6.45, 7) is 2.63. The Labute approximate surface area is 116 Å². The number of carbonyl (C=O) groups excluding carboxylic acids is 1. The van der Waals surface area contributed by atoms with E-state index in [1.807, 2.05) is 0 Å². The molecule has 0 atom stereocenters. The second-order valence-electron chi connectivity index (χ2n) is 3.73. The molecule has 1 aromatic carbocycles. The first-order valence-corrected chi connectivity index (χ1v) is 6.27. The summed E-state index contributed by atoms with van der Waals surface area (Å²) >= 11 is 10.5. The van der Waals surface area contributed by atoms with Crippen molar-refractivity contribution in [2.75, 3.05) is 13.1 Å². The number of benzene rings is 1. The van der Waals surface area contributed by atoms with Gasteiger partial charge in [0.2, 0.25) is 0 Å². The van der Waals surface area contributed by atoms with E-state index < -0.39 is 11.7 Å². The molecule has 1 amide bonds. The average molecular weight is 289 g/mol. The summed E-state index contributed by atoms with van der Waals surface area (Å²) in [7, 11) is 0. The van der Waals surface area contributed by atoms with Crippen LogP contribution in [0.3, 0.4) is 0 Å². The maximum Gasteiger partial charge on any atom is 0.256 e. The van der Waals surface area contributed by atoms with Gasteiger partial charge < -0.3 is 10.6 Å². The largest absolute Gasteiger partial charge is 0.393 e. The quantitative estimate of drug-likeness (QED) is 0.847. The predicted molar refractivity (Wildman–Crippen MR) is 74.4 cm³/mol. The molecule has 3 nitrogen and oxygen atoms in total. The minimum atomic E-state index is -0.585. The number of halogens is 2. The van der Waals surface area contributed by atoms with Crippen LogP contribution in [0.25, 0.3) is 0 Å². The van der Waals surface area contributed by atoms with Crippen LogP contribution in [0.4, 0.5) is 4.39 Å². The van der Waals surface area contributed by atoms with E-state index in [0.29, 0.717) is 29.5 Å². The zero-order valence-electron chi connectivity index (χ0n) is 9.95. The van der Waals surface area contributed by atoms with Gasteiger partial charge in [0.1, 0.15) is 5.82 Å². The van der Waals surface area contributed by atoms with Crippen molar-refractivity contribution in [2.45, 2.75) is 13.3 Å². The molecule has 1 aromatic rings. The molecular weight excluding hydrogens is 275 g/mol. The lowest BCUT2D eigenvalue weighted by Crippen LogP contribution is -2.34. The van der Waals surface area contributed by atoms with Gasteiger partial charge in [0.15, 0.2) is 0 Å². The molecule has 0 unspecified atom stereocenters. The molecule has 18 heavy (non-hydrogen) atoms. The molecule has 0 aliphatic rings. The molecule has 0 spiro atoms. The molecule has 6 heteroatoms. The third-order valence-electron chi connectivity index (χ3n) is 2.46. The zero-order chi connectivity index (χ0) is 13.7. The van der Waals surface area contributed by atoms with Crippen molar-refractivity contribution >= 4 is 34.7 Å². The SMILES string of the molecule is CCN(CCC(N)=S)C(=O)c1cc(Cl)ccc1F. The Kier molecular flexibility index (Phi) is 5.50. The van der Waals surface area contributed by atoms with Crippen molar-refractivity contribution in [1.29, 1.82) is 0 Å². The third kappa shape index (κ3) is 3.92. The predicted octanol–water partition coefficient (Wildman–Crippen LogP) is 2.62. The minimum absolute atomic E-state index is 0.0349. The number of hydrogen-bond acceptors (Lipinski definition) is 2. The molecule has 0 bridgehead atoms. The van der Waals surface area contributed by atoms with Gasteiger partial charge in [-0.2, -0.15) is 0 Å². The molecule has 1 rings (SSSR count). The number of rotatable bonds is 5. The lowest BCUT2D eigenvalue weighted by Gasteiger charge is -2.21. The topological polar surface area (TPSA) is 46.3 Å². The standard InChI is InChI=1S/C12H14ClFN2OS/c1-2-16(6-5-11(15)18)12(17)9-7-8(13)3-4-10(9)14/h3-4,7H,2,5-6H2,1H3,(H2,15,18). The Morgan fingerprint density at radius 1 is 1.56 bits per heavy atom. The van der Waals surface area contributed by atoms with E-state index in [-0.39, 0.29) is 5.56 Å². The molecule has 0 aliphatic heterocycles. The van der Waals surface area contributed by atoms with Crippen molar-refractivity contribution in [1.82, 2.24) is 4.90 Å². The summed E-state index contributed by atoms with van der Waals surface area (Å²) in [6, 6.07) is 3.90. The van der Waals surface area contributed by atoms with Crippen LogP contribution in [0.5, 0.6) is 0 Å². The van der Waals surface area contributed by atoms with Crippen molar-refractivity contribution in [3.05, 3.63) is 34.6 Å². The van der Waals surface area contributed by atoms with E-state index in [0.717, 1.165) is 0 Å². The number of carbonyl (C=O) groups is 1. The number of amides is 1. The van der Waals surface area contributed by atoms with Gasteiger partial charge in [0.25, 0.3) is 5.91 Å². The molecule has 0 fully saturated rings. The number of hydrogen-bond donors (Lipinski definition) is 1. The van der Waals surface area contributed by atoms with Crippen molar-refractivity contribution in [3.63, 3.8) is 0 Å². The molecule has 0 aromatic heterocycles. The van der Waals surface area contributed by atoms with Gasteiger partial charge in [-0.3, -0.25) is 4.79 Å². The maximum atomic E-state index is 13.6. The summed E-state index contributed by atoms with van der Waals surface area (Å²) in [4.78, 5) is 13.9. The Bertz CT molecular complexity index is 467. The van der Waals surface area contributed by atoms with Crippen LogP contribution < -0.4 is 5.73 Å². The van der Waals surface area contributed by atoms with Crippen LogP contribution in [0.2, 0.25) is 5.02 Å². The summed E-state index contributed by atoms with van der Waals surface area (Å²) < 4.78 is 13.6. The summed E-state index contributed by atoms with van der Waals surface area (Å²) in [5, 5.41) is 0.324. The molecular formula is C12H14ClFN2OS. The van der Waals surface area contributed by atoms with E-state index in [1.165, 1.54) is 23.1 Å². The van der Waals surface area contributed by atoms with Gasteiger partial charge >= 0.3 is 0 Å². The van der Waals surface area contributed by atoms with Gasteiger partial charge in [-0.05, 0) is 25.1 Å². The Hall–Kier alpha value is -1.20. The highest BCUT2D eigenvalue weighted by Gasteiger charge is 2.18. The molecule has 0 heterocycles. The lowest BCUT2D eigenvalue weighted by atomic mass is 10.1. The minimum Gasteiger partial charge on any atom is -0.393 e. The van der Waals surface area contributed by atoms with Crippen LogP contribution in [0, 0.1) is 5.82 Å². The van der Waals surface area contributed by atoms with Crippen molar-refractivity contribution < 1.29 is 9.18 Å². The normalized spacial score (nSPS) is 10.2. The smallest absolute Gasteiger partial charge is 0.256 e. The Morgan fingerprint density at radius 3 is 2.78 bits per heavy atom. The van der Waals surface area contributed by atoms with Gasteiger partial charge in [0.05, 0.1) is 10.6 Å². The fourth-order valence-corrected chi connectivity index (χ4v) is 1.74. The fourth-order valence-electron chi connectivity index (χ4n) is 1.48. The lowest BCUT2D eigenvalue weighted by molar-refractivity contribution is 0.0764. The molecule has 2 N–H and O–H groups in total. The summed E-state index contributed by atoms with van der Waals surface area (Å²) in [5.74, 6) is -0.994. The molecule has 0 radical (unpaired) electrons. The number of nitrogens with zero attached hydrogens (tertiary/aromatic N) is 1. The second-order valence-corrected chi connectivity index (χ2v) is 4.69. The van der Waals surface area contributed by atoms with E-state index in [2.05, 4.69) is 0 Å². The van der Waals surface area contributed by atoms with Gasteiger partial charge in [-0.25, -0.2) is 4.39 Å². The Balaban J connectivity index is 2.89. The highest BCUT2D eigenvalue weighted by molar-refractivity contribution is 7.80. The summed E-state index contributed by atoms with van der Waals surface area (Å²) in [5.41, 5.74) is 5.35. The zero-order valence-corrected chi connectivity index (χ0v) is 11.5. The average Bonchev–Trinajstić information content (AvgIpc) is 2.32. The van der Waals surface area contributed by atoms with Crippen LogP contribution >= 0.6 is 23.8 Å². The molecule has 98 valence electrons. The van der Waals surface area contributed by atoms with Crippen molar-refractivity contribution in [2.24, 2.45) is 5.73 Å². The number of nitrogens with two attached hydrogens (primary N) is 1. The molecule has 0 saturated heterocycles. The van der Waals surface area contributed by atoms with E-state index in [4.69, 9.17) is 29.6 Å². The Morgan fingerprint density at radius 2 is 2.22 bits per heavy atom. The summed E-state index contributed by atoms with van der Waals surface area (Å²) in [6.07, 6.45) is 0.414. The third-order valence-corrected chi connectivity index (χ3v) is 2.90. The second kappa shape index (κ2) is 6.66. The number of thiocarbonyl (C=S) groups is 1. The molecule has 0 aliphatic carbocycles. The van der Waals surface area contributed by atoms with Gasteiger partial charge in [-0.1, -0.05) is 23.8 Å². The van der Waals surface area contributed by atoms with E-state index >= 15 is 0 Å². The van der Waals surface area contributed by atoms with Crippen LogP contribution in [0.1, 0.15) is 23.7 Å².